The van der Waals surface area contributed by atoms with Crippen LogP contribution in [0.1, 0.15) is 23.2 Å². The zero-order valence-corrected chi connectivity index (χ0v) is 12.8. The molecule has 1 aliphatic heterocycles. The van der Waals surface area contributed by atoms with Crippen LogP contribution in [0.3, 0.4) is 0 Å². The number of hydrogen-bond acceptors (Lipinski definition) is 3. The van der Waals surface area contributed by atoms with Crippen LogP contribution in [0.25, 0.3) is 0 Å². The van der Waals surface area contributed by atoms with Gasteiger partial charge in [0.25, 0.3) is 5.91 Å². The highest BCUT2D eigenvalue weighted by Gasteiger charge is 2.24. The summed E-state index contributed by atoms with van der Waals surface area (Å²) in [6.45, 7) is 1.47. The van der Waals surface area contributed by atoms with Crippen molar-refractivity contribution in [2.75, 3.05) is 27.3 Å². The van der Waals surface area contributed by atoms with Gasteiger partial charge in [-0.3, -0.25) is 4.79 Å². The molecule has 1 fully saturated rings. The average Bonchev–Trinajstić information content (AvgIpc) is 2.47. The van der Waals surface area contributed by atoms with Crippen molar-refractivity contribution in [2.24, 2.45) is 0 Å². The van der Waals surface area contributed by atoms with Crippen LogP contribution in [0.15, 0.2) is 22.7 Å². The van der Waals surface area contributed by atoms with Crippen molar-refractivity contribution in [1.29, 1.82) is 0 Å². The van der Waals surface area contributed by atoms with E-state index in [2.05, 4.69) is 15.9 Å². The predicted molar refractivity (Wildman–Crippen MR) is 76.6 cm³/mol. The molecule has 1 amide bonds. The summed E-state index contributed by atoms with van der Waals surface area (Å²) >= 11 is 3.42. The number of likely N-dealkylation sites (tertiary alicyclic amines) is 1. The monoisotopic (exact) mass is 327 g/mol. The topological polar surface area (TPSA) is 38.8 Å². The fourth-order valence-corrected chi connectivity index (χ4v) is 2.68. The van der Waals surface area contributed by atoms with Crippen LogP contribution in [0, 0.1) is 0 Å². The zero-order valence-electron chi connectivity index (χ0n) is 11.2. The number of ether oxygens (including phenoxy) is 2. The van der Waals surface area contributed by atoms with Crippen LogP contribution in [-0.4, -0.2) is 44.2 Å². The van der Waals surface area contributed by atoms with E-state index in [1.807, 2.05) is 17.0 Å². The Morgan fingerprint density at radius 1 is 1.32 bits per heavy atom. The van der Waals surface area contributed by atoms with Gasteiger partial charge < -0.3 is 14.4 Å². The van der Waals surface area contributed by atoms with Crippen LogP contribution in [-0.2, 0) is 4.74 Å². The van der Waals surface area contributed by atoms with Gasteiger partial charge in [-0.2, -0.15) is 0 Å². The van der Waals surface area contributed by atoms with Crippen molar-refractivity contribution >= 4 is 21.8 Å². The smallest absolute Gasteiger partial charge is 0.255 e. The number of piperidine rings is 1. The second-order valence-corrected chi connectivity index (χ2v) is 5.43. The minimum Gasteiger partial charge on any atom is -0.497 e. The fourth-order valence-electron chi connectivity index (χ4n) is 2.26. The molecule has 4 nitrogen and oxygen atoms in total. The molecule has 1 aliphatic rings. The molecule has 0 aromatic heterocycles. The second kappa shape index (κ2) is 6.39. The summed E-state index contributed by atoms with van der Waals surface area (Å²) in [5.41, 5.74) is 0.648. The van der Waals surface area contributed by atoms with E-state index in [4.69, 9.17) is 9.47 Å². The number of hydrogen-bond donors (Lipinski definition) is 0. The van der Waals surface area contributed by atoms with E-state index in [-0.39, 0.29) is 12.0 Å². The summed E-state index contributed by atoms with van der Waals surface area (Å²) in [6.07, 6.45) is 2.06. The Kier molecular flexibility index (Phi) is 4.82. The number of methoxy groups -OCH3 is 2. The van der Waals surface area contributed by atoms with Crippen molar-refractivity contribution in [3.8, 4) is 5.75 Å². The van der Waals surface area contributed by atoms with E-state index >= 15 is 0 Å². The van der Waals surface area contributed by atoms with Gasteiger partial charge in [0.1, 0.15) is 5.75 Å². The standard InChI is InChI=1S/C14H18BrNO3/c1-18-10-5-7-16(8-6-10)14(17)12-9-11(19-2)3-4-13(12)15/h3-4,9-10H,5-8H2,1-2H3. The molecular formula is C14H18BrNO3. The molecule has 1 aromatic carbocycles. The third kappa shape index (κ3) is 3.28. The second-order valence-electron chi connectivity index (χ2n) is 4.57. The summed E-state index contributed by atoms with van der Waals surface area (Å²) in [4.78, 5) is 14.4. The van der Waals surface area contributed by atoms with Gasteiger partial charge >= 0.3 is 0 Å². The molecule has 1 saturated heterocycles. The molecule has 0 N–H and O–H groups in total. The van der Waals surface area contributed by atoms with E-state index in [1.54, 1.807) is 20.3 Å². The summed E-state index contributed by atoms with van der Waals surface area (Å²) < 4.78 is 11.3. The fraction of sp³-hybridized carbons (Fsp3) is 0.500. The highest BCUT2D eigenvalue weighted by atomic mass is 79.9. The molecule has 0 atom stereocenters. The number of nitrogens with zero attached hydrogens (tertiary/aromatic N) is 1. The van der Waals surface area contributed by atoms with E-state index in [0.29, 0.717) is 11.3 Å². The predicted octanol–water partition coefficient (Wildman–Crippen LogP) is 2.71. The zero-order chi connectivity index (χ0) is 13.8. The molecular weight excluding hydrogens is 310 g/mol. The molecule has 0 unspecified atom stereocenters. The average molecular weight is 328 g/mol. The first-order valence-electron chi connectivity index (χ1n) is 6.31. The number of rotatable bonds is 3. The first-order valence-corrected chi connectivity index (χ1v) is 7.10. The van der Waals surface area contributed by atoms with Crippen LogP contribution in [0.4, 0.5) is 0 Å². The molecule has 0 spiro atoms. The Hall–Kier alpha value is -1.07. The Bertz CT molecular complexity index is 456. The lowest BCUT2D eigenvalue weighted by Gasteiger charge is -2.31. The Balaban J connectivity index is 2.11. The van der Waals surface area contributed by atoms with Crippen LogP contribution in [0.2, 0.25) is 0 Å². The number of benzene rings is 1. The van der Waals surface area contributed by atoms with Gasteiger partial charge in [-0.15, -0.1) is 0 Å². The normalized spacial score (nSPS) is 16.5. The Morgan fingerprint density at radius 3 is 2.58 bits per heavy atom. The summed E-state index contributed by atoms with van der Waals surface area (Å²) in [7, 11) is 3.32. The van der Waals surface area contributed by atoms with Gasteiger partial charge in [-0.25, -0.2) is 0 Å². The lowest BCUT2D eigenvalue weighted by atomic mass is 10.1. The quantitative estimate of drug-likeness (QED) is 0.856. The number of carbonyl (C=O) groups is 1. The van der Waals surface area contributed by atoms with Gasteiger partial charge in [-0.05, 0) is 47.0 Å². The first kappa shape index (κ1) is 14.3. The summed E-state index contributed by atoms with van der Waals surface area (Å²) in [5.74, 6) is 0.735. The van der Waals surface area contributed by atoms with Crippen molar-refractivity contribution < 1.29 is 14.3 Å². The van der Waals surface area contributed by atoms with Gasteiger partial charge in [0.05, 0.1) is 18.8 Å². The van der Waals surface area contributed by atoms with Crippen molar-refractivity contribution in [3.05, 3.63) is 28.2 Å². The van der Waals surface area contributed by atoms with Crippen molar-refractivity contribution in [1.82, 2.24) is 4.90 Å². The minimum absolute atomic E-state index is 0.0420. The maximum atomic E-state index is 12.5. The third-order valence-electron chi connectivity index (χ3n) is 3.47. The third-order valence-corrected chi connectivity index (χ3v) is 4.16. The van der Waals surface area contributed by atoms with Gasteiger partial charge in [-0.1, -0.05) is 0 Å². The van der Waals surface area contributed by atoms with E-state index < -0.39 is 0 Å². The first-order chi connectivity index (χ1) is 9.15. The molecule has 0 aliphatic carbocycles. The van der Waals surface area contributed by atoms with E-state index in [0.717, 1.165) is 30.4 Å². The van der Waals surface area contributed by atoms with Crippen LogP contribution in [0.5, 0.6) is 5.75 Å². The summed E-state index contributed by atoms with van der Waals surface area (Å²) in [6, 6.07) is 5.45. The molecule has 0 saturated carbocycles. The molecule has 104 valence electrons. The van der Waals surface area contributed by atoms with Crippen LogP contribution < -0.4 is 4.74 Å². The largest absolute Gasteiger partial charge is 0.497 e. The van der Waals surface area contributed by atoms with Gasteiger partial charge in [0.2, 0.25) is 0 Å². The van der Waals surface area contributed by atoms with Crippen molar-refractivity contribution in [3.63, 3.8) is 0 Å². The van der Waals surface area contributed by atoms with E-state index in [9.17, 15) is 4.79 Å². The number of carbonyl (C=O) groups excluding carboxylic acids is 1. The van der Waals surface area contributed by atoms with Gasteiger partial charge in [0, 0.05) is 24.7 Å². The van der Waals surface area contributed by atoms with E-state index in [1.165, 1.54) is 0 Å². The van der Waals surface area contributed by atoms with Crippen LogP contribution >= 0.6 is 15.9 Å². The SMILES string of the molecule is COc1ccc(Br)c(C(=O)N2CCC(OC)CC2)c1. The number of amides is 1. The molecule has 19 heavy (non-hydrogen) atoms. The minimum atomic E-state index is 0.0420. The molecule has 1 aromatic rings. The Morgan fingerprint density at radius 2 is 2.00 bits per heavy atom. The molecule has 0 bridgehead atoms. The molecule has 0 radical (unpaired) electrons. The molecule has 2 rings (SSSR count). The lowest BCUT2D eigenvalue weighted by molar-refractivity contribution is 0.0350. The highest BCUT2D eigenvalue weighted by Crippen LogP contribution is 2.25. The van der Waals surface area contributed by atoms with Crippen molar-refractivity contribution in [2.45, 2.75) is 18.9 Å². The maximum Gasteiger partial charge on any atom is 0.255 e. The highest BCUT2D eigenvalue weighted by molar-refractivity contribution is 9.10. The molecule has 5 heteroatoms. The van der Waals surface area contributed by atoms with Gasteiger partial charge in [0.15, 0.2) is 0 Å². The maximum absolute atomic E-state index is 12.5. The lowest BCUT2D eigenvalue weighted by Crippen LogP contribution is -2.40. The Labute approximate surface area is 121 Å². The summed E-state index contributed by atoms with van der Waals surface area (Å²) in [5, 5.41) is 0. The number of halogens is 1. The molecule has 1 heterocycles.